The summed E-state index contributed by atoms with van der Waals surface area (Å²) in [6, 6.07) is 1.40. The molecule has 94 valence electrons. The smallest absolute Gasteiger partial charge is 0.242 e. The van der Waals surface area contributed by atoms with Crippen LogP contribution in [0.4, 0.5) is 11.5 Å². The molecular formula is C11H17BrN4O. The zero-order valence-corrected chi connectivity index (χ0v) is 11.5. The van der Waals surface area contributed by atoms with E-state index < -0.39 is 0 Å². The third-order valence-corrected chi connectivity index (χ3v) is 2.76. The van der Waals surface area contributed by atoms with Crippen molar-refractivity contribution in [2.24, 2.45) is 0 Å². The number of aromatic nitrogens is 1. The Morgan fingerprint density at radius 3 is 2.94 bits per heavy atom. The summed E-state index contributed by atoms with van der Waals surface area (Å²) < 4.78 is 0.743. The number of nitrogens with one attached hydrogen (secondary N) is 2. The fourth-order valence-corrected chi connectivity index (χ4v) is 1.71. The average Bonchev–Trinajstić information content (AvgIpc) is 2.29. The number of nitrogens with zero attached hydrogens (tertiary/aromatic N) is 1. The number of nitrogen functional groups attached to an aromatic ring is 1. The summed E-state index contributed by atoms with van der Waals surface area (Å²) in [4.78, 5) is 15.8. The summed E-state index contributed by atoms with van der Waals surface area (Å²) in [5.41, 5.74) is 6.16. The van der Waals surface area contributed by atoms with Crippen LogP contribution in [-0.4, -0.2) is 23.5 Å². The number of nitrogens with two attached hydrogens (primary N) is 1. The van der Waals surface area contributed by atoms with Gasteiger partial charge in [0.2, 0.25) is 5.91 Å². The number of hydrogen-bond donors (Lipinski definition) is 3. The molecule has 4 N–H and O–H groups in total. The van der Waals surface area contributed by atoms with E-state index in [1.54, 1.807) is 19.2 Å². The topological polar surface area (TPSA) is 80.0 Å². The van der Waals surface area contributed by atoms with E-state index in [0.29, 0.717) is 18.1 Å². The highest BCUT2D eigenvalue weighted by atomic mass is 79.9. The number of halogens is 1. The fraction of sp³-hybridized carbons (Fsp3) is 0.455. The molecule has 1 rings (SSSR count). The minimum Gasteiger partial charge on any atom is -0.397 e. The molecule has 1 aromatic heterocycles. The molecule has 0 bridgehead atoms. The largest absolute Gasteiger partial charge is 0.397 e. The molecule has 0 spiro atoms. The maximum absolute atomic E-state index is 11.6. The SMILES string of the molecule is CCCNC(=O)C(C)Nc1ncc(N)cc1Br. The molecule has 1 amide bonds. The average molecular weight is 301 g/mol. The summed E-state index contributed by atoms with van der Waals surface area (Å²) in [6.45, 7) is 4.48. The molecule has 1 aromatic rings. The minimum absolute atomic E-state index is 0.0441. The summed E-state index contributed by atoms with van der Waals surface area (Å²) in [7, 11) is 0. The van der Waals surface area contributed by atoms with Gasteiger partial charge < -0.3 is 16.4 Å². The molecule has 1 unspecified atom stereocenters. The Labute approximate surface area is 109 Å². The Bertz CT molecular complexity index is 397. The Kier molecular flexibility index (Phi) is 5.21. The van der Waals surface area contributed by atoms with E-state index in [0.717, 1.165) is 10.9 Å². The van der Waals surface area contributed by atoms with Crippen LogP contribution in [-0.2, 0) is 4.79 Å². The third kappa shape index (κ3) is 4.22. The molecule has 1 atom stereocenters. The number of amides is 1. The molecular weight excluding hydrogens is 284 g/mol. The summed E-state index contributed by atoms with van der Waals surface area (Å²) in [5, 5.41) is 5.83. The summed E-state index contributed by atoms with van der Waals surface area (Å²) >= 11 is 3.34. The molecule has 0 aromatic carbocycles. The molecule has 5 nitrogen and oxygen atoms in total. The van der Waals surface area contributed by atoms with Crippen LogP contribution in [0.25, 0.3) is 0 Å². The van der Waals surface area contributed by atoms with Crippen molar-refractivity contribution in [3.8, 4) is 0 Å². The van der Waals surface area contributed by atoms with Gasteiger partial charge in [-0.05, 0) is 35.3 Å². The second-order valence-corrected chi connectivity index (χ2v) is 4.61. The lowest BCUT2D eigenvalue weighted by atomic mass is 10.3. The number of anilines is 2. The van der Waals surface area contributed by atoms with Crippen LogP contribution in [0.1, 0.15) is 20.3 Å². The Morgan fingerprint density at radius 2 is 2.35 bits per heavy atom. The molecule has 1 heterocycles. The first kappa shape index (κ1) is 13.8. The van der Waals surface area contributed by atoms with E-state index in [2.05, 4.69) is 31.5 Å². The van der Waals surface area contributed by atoms with Gasteiger partial charge in [-0.15, -0.1) is 0 Å². The predicted molar refractivity (Wildman–Crippen MR) is 72.7 cm³/mol. The Morgan fingerprint density at radius 1 is 1.65 bits per heavy atom. The number of carbonyl (C=O) groups is 1. The van der Waals surface area contributed by atoms with Crippen LogP contribution in [0, 0.1) is 0 Å². The lowest BCUT2D eigenvalue weighted by Crippen LogP contribution is -2.38. The van der Waals surface area contributed by atoms with E-state index in [-0.39, 0.29) is 11.9 Å². The van der Waals surface area contributed by atoms with Crippen molar-refractivity contribution in [2.75, 3.05) is 17.6 Å². The predicted octanol–water partition coefficient (Wildman–Crippen LogP) is 1.75. The van der Waals surface area contributed by atoms with Gasteiger partial charge in [-0.1, -0.05) is 6.92 Å². The first-order valence-electron chi connectivity index (χ1n) is 5.49. The molecule has 0 radical (unpaired) electrons. The first-order chi connectivity index (χ1) is 8.04. The van der Waals surface area contributed by atoms with Gasteiger partial charge in [0, 0.05) is 6.54 Å². The van der Waals surface area contributed by atoms with Crippen LogP contribution in [0.15, 0.2) is 16.7 Å². The van der Waals surface area contributed by atoms with Crippen molar-refractivity contribution in [1.82, 2.24) is 10.3 Å². The van der Waals surface area contributed by atoms with Gasteiger partial charge in [0.05, 0.1) is 16.4 Å². The molecule has 0 saturated heterocycles. The number of carbonyl (C=O) groups excluding carboxylic acids is 1. The first-order valence-corrected chi connectivity index (χ1v) is 6.29. The molecule has 0 aliphatic heterocycles. The van der Waals surface area contributed by atoms with E-state index in [1.807, 2.05) is 6.92 Å². The van der Waals surface area contributed by atoms with Gasteiger partial charge >= 0.3 is 0 Å². The lowest BCUT2D eigenvalue weighted by Gasteiger charge is -2.15. The van der Waals surface area contributed by atoms with Crippen molar-refractivity contribution in [3.63, 3.8) is 0 Å². The van der Waals surface area contributed by atoms with Gasteiger partial charge in [-0.3, -0.25) is 4.79 Å². The number of hydrogen-bond acceptors (Lipinski definition) is 4. The molecule has 0 saturated carbocycles. The van der Waals surface area contributed by atoms with Crippen molar-refractivity contribution < 1.29 is 4.79 Å². The molecule has 17 heavy (non-hydrogen) atoms. The molecule has 0 aliphatic rings. The van der Waals surface area contributed by atoms with E-state index >= 15 is 0 Å². The van der Waals surface area contributed by atoms with Gasteiger partial charge in [0.25, 0.3) is 0 Å². The second kappa shape index (κ2) is 6.44. The highest BCUT2D eigenvalue weighted by Crippen LogP contribution is 2.22. The number of rotatable bonds is 5. The maximum Gasteiger partial charge on any atom is 0.242 e. The van der Waals surface area contributed by atoms with E-state index in [4.69, 9.17) is 5.73 Å². The maximum atomic E-state index is 11.6. The summed E-state index contributed by atoms with van der Waals surface area (Å²) in [6.07, 6.45) is 2.46. The molecule has 6 heteroatoms. The number of pyridine rings is 1. The minimum atomic E-state index is -0.339. The fourth-order valence-electron chi connectivity index (χ4n) is 1.23. The summed E-state index contributed by atoms with van der Waals surface area (Å²) in [5.74, 6) is 0.565. The van der Waals surface area contributed by atoms with Crippen LogP contribution in [0.2, 0.25) is 0 Å². The van der Waals surface area contributed by atoms with E-state index in [9.17, 15) is 4.79 Å². The van der Waals surface area contributed by atoms with E-state index in [1.165, 1.54) is 0 Å². The van der Waals surface area contributed by atoms with Crippen molar-refractivity contribution in [2.45, 2.75) is 26.3 Å². The third-order valence-electron chi connectivity index (χ3n) is 2.16. The molecule has 0 aliphatic carbocycles. The van der Waals surface area contributed by atoms with Crippen LogP contribution in [0.3, 0.4) is 0 Å². The van der Waals surface area contributed by atoms with Crippen LogP contribution in [0.5, 0.6) is 0 Å². The van der Waals surface area contributed by atoms with Crippen LogP contribution < -0.4 is 16.4 Å². The van der Waals surface area contributed by atoms with Crippen LogP contribution >= 0.6 is 15.9 Å². The van der Waals surface area contributed by atoms with Crippen molar-refractivity contribution in [1.29, 1.82) is 0 Å². The highest BCUT2D eigenvalue weighted by Gasteiger charge is 2.13. The van der Waals surface area contributed by atoms with Gasteiger partial charge in [-0.2, -0.15) is 0 Å². The highest BCUT2D eigenvalue weighted by molar-refractivity contribution is 9.10. The second-order valence-electron chi connectivity index (χ2n) is 3.76. The van der Waals surface area contributed by atoms with Crippen molar-refractivity contribution in [3.05, 3.63) is 16.7 Å². The van der Waals surface area contributed by atoms with Gasteiger partial charge in [0.1, 0.15) is 11.9 Å². The Hall–Kier alpha value is -1.30. The zero-order chi connectivity index (χ0) is 12.8. The van der Waals surface area contributed by atoms with Gasteiger partial charge in [-0.25, -0.2) is 4.98 Å². The standard InChI is InChI=1S/C11H17BrN4O/c1-3-4-14-11(17)7(2)16-10-9(12)5-8(13)6-15-10/h5-7H,3-4,13H2,1-2H3,(H,14,17)(H,15,16). The quantitative estimate of drug-likeness (QED) is 0.774. The molecule has 0 fully saturated rings. The zero-order valence-electron chi connectivity index (χ0n) is 9.96. The van der Waals surface area contributed by atoms with Gasteiger partial charge in [0.15, 0.2) is 0 Å². The normalized spacial score (nSPS) is 11.9. The monoisotopic (exact) mass is 300 g/mol. The van der Waals surface area contributed by atoms with Crippen molar-refractivity contribution >= 4 is 33.3 Å². The Balaban J connectivity index is 2.61. The lowest BCUT2D eigenvalue weighted by molar-refractivity contribution is -0.121.